The quantitative estimate of drug-likeness (QED) is 0.629. The fourth-order valence-corrected chi connectivity index (χ4v) is 3.34. The molecule has 2 aromatic rings. The van der Waals surface area contributed by atoms with Crippen molar-refractivity contribution in [2.45, 2.75) is 45.3 Å². The minimum absolute atomic E-state index is 0.421. The molecule has 1 heterocycles. The van der Waals surface area contributed by atoms with Crippen LogP contribution in [0, 0.1) is 0 Å². The second kappa shape index (κ2) is 8.58. The fourth-order valence-electron chi connectivity index (χ4n) is 3.34. The molecule has 3 rings (SSSR count). The van der Waals surface area contributed by atoms with E-state index in [9.17, 15) is 0 Å². The van der Waals surface area contributed by atoms with Crippen LogP contribution in [-0.4, -0.2) is 22.5 Å². The zero-order chi connectivity index (χ0) is 16.6. The molecule has 2 heteroatoms. The van der Waals surface area contributed by atoms with Crippen molar-refractivity contribution in [1.82, 2.24) is 9.80 Å². The summed E-state index contributed by atoms with van der Waals surface area (Å²) in [6.45, 7) is 4.38. The van der Waals surface area contributed by atoms with Gasteiger partial charge in [0.1, 0.15) is 6.17 Å². The van der Waals surface area contributed by atoms with Crippen molar-refractivity contribution >= 4 is 0 Å². The minimum Gasteiger partial charge on any atom is -0.356 e. The summed E-state index contributed by atoms with van der Waals surface area (Å²) in [6, 6.07) is 21.6. The summed E-state index contributed by atoms with van der Waals surface area (Å²) in [5, 5.41) is 0. The van der Waals surface area contributed by atoms with Gasteiger partial charge < -0.3 is 9.80 Å². The van der Waals surface area contributed by atoms with Gasteiger partial charge in [-0.15, -0.1) is 0 Å². The maximum Gasteiger partial charge on any atom is 0.105 e. The molecule has 0 radical (unpaired) electrons. The first-order valence-corrected chi connectivity index (χ1v) is 9.14. The molecule has 24 heavy (non-hydrogen) atoms. The fraction of sp³-hybridized carbons (Fsp3) is 0.364. The Balaban J connectivity index is 1.70. The van der Waals surface area contributed by atoms with Gasteiger partial charge >= 0.3 is 0 Å². The van der Waals surface area contributed by atoms with Crippen molar-refractivity contribution in [2.75, 3.05) is 6.54 Å². The lowest BCUT2D eigenvalue weighted by Crippen LogP contribution is -2.40. The van der Waals surface area contributed by atoms with Crippen LogP contribution in [0.4, 0.5) is 0 Å². The minimum atomic E-state index is 0.421. The van der Waals surface area contributed by atoms with E-state index < -0.39 is 0 Å². The molecule has 1 aliphatic heterocycles. The van der Waals surface area contributed by atoms with Crippen LogP contribution in [0.5, 0.6) is 0 Å². The van der Waals surface area contributed by atoms with Crippen LogP contribution in [0.1, 0.15) is 37.3 Å². The molecule has 0 N–H and O–H groups in total. The van der Waals surface area contributed by atoms with Crippen molar-refractivity contribution in [3.8, 4) is 0 Å². The molecule has 126 valence electrons. The Hall–Kier alpha value is -2.22. The van der Waals surface area contributed by atoms with Gasteiger partial charge in [0.05, 0.1) is 0 Å². The predicted molar refractivity (Wildman–Crippen MR) is 101 cm³/mol. The lowest BCUT2D eigenvalue weighted by Gasteiger charge is -2.33. The van der Waals surface area contributed by atoms with Crippen LogP contribution in [-0.2, 0) is 13.0 Å². The van der Waals surface area contributed by atoms with E-state index in [-0.39, 0.29) is 0 Å². The second-order valence-electron chi connectivity index (χ2n) is 6.57. The van der Waals surface area contributed by atoms with Gasteiger partial charge in [-0.25, -0.2) is 0 Å². The van der Waals surface area contributed by atoms with Crippen molar-refractivity contribution < 1.29 is 0 Å². The summed E-state index contributed by atoms with van der Waals surface area (Å²) in [4.78, 5) is 5.00. The van der Waals surface area contributed by atoms with E-state index in [1.54, 1.807) is 0 Å². The first kappa shape index (κ1) is 16.6. The summed E-state index contributed by atoms with van der Waals surface area (Å²) < 4.78 is 0. The lowest BCUT2D eigenvalue weighted by molar-refractivity contribution is 0.144. The summed E-state index contributed by atoms with van der Waals surface area (Å²) in [5.41, 5.74) is 2.78. The SMILES string of the molecule is CCCCCN1C=CN(Cc2ccccc2)C1Cc1ccccc1. The molecule has 0 saturated carbocycles. The third kappa shape index (κ3) is 4.41. The molecule has 1 aliphatic rings. The molecule has 0 fully saturated rings. The van der Waals surface area contributed by atoms with Crippen molar-refractivity contribution in [3.63, 3.8) is 0 Å². The normalized spacial score (nSPS) is 16.8. The maximum atomic E-state index is 2.52. The van der Waals surface area contributed by atoms with Crippen molar-refractivity contribution in [2.24, 2.45) is 0 Å². The van der Waals surface area contributed by atoms with Gasteiger partial charge in [-0.1, -0.05) is 80.4 Å². The van der Waals surface area contributed by atoms with Gasteiger partial charge in [0.25, 0.3) is 0 Å². The number of rotatable bonds is 8. The average Bonchev–Trinajstić information content (AvgIpc) is 2.99. The van der Waals surface area contributed by atoms with Crippen LogP contribution in [0.25, 0.3) is 0 Å². The molecular weight excluding hydrogens is 292 g/mol. The van der Waals surface area contributed by atoms with Gasteiger partial charge in [0.2, 0.25) is 0 Å². The molecule has 1 unspecified atom stereocenters. The Morgan fingerprint density at radius 1 is 0.750 bits per heavy atom. The smallest absolute Gasteiger partial charge is 0.105 e. The van der Waals surface area contributed by atoms with E-state index in [0.717, 1.165) is 19.5 Å². The van der Waals surface area contributed by atoms with Gasteiger partial charge in [-0.05, 0) is 17.5 Å². The van der Waals surface area contributed by atoms with Crippen molar-refractivity contribution in [3.05, 3.63) is 84.2 Å². The summed E-state index contributed by atoms with van der Waals surface area (Å²) in [6.07, 6.45) is 9.89. The van der Waals surface area contributed by atoms with Gasteiger partial charge in [0, 0.05) is 31.9 Å². The zero-order valence-electron chi connectivity index (χ0n) is 14.6. The van der Waals surface area contributed by atoms with E-state index in [0.29, 0.717) is 6.17 Å². The standard InChI is InChI=1S/C22H28N2/c1-2-3-10-15-23-16-17-24(19-21-13-8-5-9-14-21)22(23)18-20-11-6-4-7-12-20/h4-9,11-14,16-17,22H,2-3,10,15,18-19H2,1H3. The first-order valence-electron chi connectivity index (χ1n) is 9.14. The van der Waals surface area contributed by atoms with Crippen LogP contribution < -0.4 is 0 Å². The highest BCUT2D eigenvalue weighted by molar-refractivity contribution is 5.19. The van der Waals surface area contributed by atoms with Gasteiger partial charge in [-0.3, -0.25) is 0 Å². The molecular formula is C22H28N2. The number of hydrogen-bond donors (Lipinski definition) is 0. The van der Waals surface area contributed by atoms with E-state index in [1.165, 1.54) is 30.4 Å². The second-order valence-corrected chi connectivity index (χ2v) is 6.57. The highest BCUT2D eigenvalue weighted by Crippen LogP contribution is 2.23. The first-order chi connectivity index (χ1) is 11.9. The Kier molecular flexibility index (Phi) is 5.95. The third-order valence-corrected chi connectivity index (χ3v) is 4.70. The molecule has 0 aliphatic carbocycles. The molecule has 0 saturated heterocycles. The van der Waals surface area contributed by atoms with E-state index in [2.05, 4.69) is 89.8 Å². The monoisotopic (exact) mass is 320 g/mol. The zero-order valence-corrected chi connectivity index (χ0v) is 14.6. The van der Waals surface area contributed by atoms with Crippen LogP contribution in [0.2, 0.25) is 0 Å². The highest BCUT2D eigenvalue weighted by Gasteiger charge is 2.26. The topological polar surface area (TPSA) is 6.48 Å². The van der Waals surface area contributed by atoms with E-state index >= 15 is 0 Å². The Morgan fingerprint density at radius 3 is 2.04 bits per heavy atom. The number of benzene rings is 2. The number of unbranched alkanes of at least 4 members (excludes halogenated alkanes) is 2. The highest BCUT2D eigenvalue weighted by atomic mass is 15.4. The van der Waals surface area contributed by atoms with E-state index in [4.69, 9.17) is 0 Å². The van der Waals surface area contributed by atoms with Gasteiger partial charge in [-0.2, -0.15) is 0 Å². The molecule has 2 nitrogen and oxygen atoms in total. The van der Waals surface area contributed by atoms with Gasteiger partial charge in [0.15, 0.2) is 0 Å². The summed E-state index contributed by atoms with van der Waals surface area (Å²) in [5.74, 6) is 0. The Bertz CT molecular complexity index is 621. The number of hydrogen-bond acceptors (Lipinski definition) is 2. The van der Waals surface area contributed by atoms with E-state index in [1.807, 2.05) is 0 Å². The van der Waals surface area contributed by atoms with Crippen LogP contribution in [0.15, 0.2) is 73.1 Å². The van der Waals surface area contributed by atoms with Crippen LogP contribution >= 0.6 is 0 Å². The van der Waals surface area contributed by atoms with Crippen LogP contribution in [0.3, 0.4) is 0 Å². The third-order valence-electron chi connectivity index (χ3n) is 4.70. The molecule has 0 amide bonds. The summed E-state index contributed by atoms with van der Waals surface area (Å²) in [7, 11) is 0. The lowest BCUT2D eigenvalue weighted by atomic mass is 10.1. The number of nitrogens with zero attached hydrogens (tertiary/aromatic N) is 2. The molecule has 1 atom stereocenters. The molecule has 2 aromatic carbocycles. The average molecular weight is 320 g/mol. The molecule has 0 bridgehead atoms. The summed E-state index contributed by atoms with van der Waals surface area (Å²) >= 11 is 0. The molecule has 0 spiro atoms. The van der Waals surface area contributed by atoms with Crippen molar-refractivity contribution in [1.29, 1.82) is 0 Å². The Labute approximate surface area is 146 Å². The molecule has 0 aromatic heterocycles. The maximum absolute atomic E-state index is 2.52. The predicted octanol–water partition coefficient (Wildman–Crippen LogP) is 5.03. The Morgan fingerprint density at radius 2 is 1.38 bits per heavy atom. The largest absolute Gasteiger partial charge is 0.356 e.